The zero-order chi connectivity index (χ0) is 54.8. The van der Waals surface area contributed by atoms with E-state index in [2.05, 4.69) is 135 Å². The molecule has 0 aliphatic rings. The molecular formula is C66H110NO8+. The molecule has 2 unspecified atom stereocenters. The van der Waals surface area contributed by atoms with E-state index in [-0.39, 0.29) is 38.6 Å². The smallest absolute Gasteiger partial charge is 0.361 e. The molecule has 426 valence electrons. The highest BCUT2D eigenvalue weighted by atomic mass is 16.7. The largest absolute Gasteiger partial charge is 0.477 e. The second kappa shape index (κ2) is 55.9. The maximum Gasteiger partial charge on any atom is 0.361 e. The van der Waals surface area contributed by atoms with Crippen molar-refractivity contribution < 1.29 is 42.9 Å². The first-order valence-electron chi connectivity index (χ1n) is 29.7. The number of hydrogen-bond acceptors (Lipinski definition) is 7. The SMILES string of the molecule is CC/C=C\C/C=C\C/C=C\C/C=C\C/C=C\C/C=C\C/C=C\CCCC(=O)OC(COC(=O)CCCCCCCCCCCCCC/C=C\C/C=C\C/C=C\CCCCCCC)COC(OCC[N+](C)(C)C)C(=O)O. The molecule has 75 heavy (non-hydrogen) atoms. The molecule has 0 aliphatic heterocycles. The minimum absolute atomic E-state index is 0.170. The van der Waals surface area contributed by atoms with Crippen molar-refractivity contribution in [2.75, 3.05) is 47.5 Å². The number of nitrogens with zero attached hydrogens (tertiary/aromatic N) is 1. The average Bonchev–Trinajstić information content (AvgIpc) is 3.38. The standard InChI is InChI=1S/C66H109NO8/c1-6-8-10-12-14-16-18-20-22-24-26-28-30-31-32-33-35-36-38-40-42-44-46-48-50-52-54-56-63(68)73-60-62(61-74-66(65(70)71)72-59-58-67(3,4)5)75-64(69)57-55-53-51-49-47-45-43-41-39-37-34-29-27-25-23-21-19-17-15-13-11-9-7-2/h9,11,15,17-18,20-21,23-24,26-27,29-31,37,39,43,45,49,51,62,66H,6-8,10,12-14,16,19,22,25,28,32-36,38,40-42,44,46-48,50,52-61H2,1-5H3/p+1/b11-9-,17-15-,20-18-,23-21-,26-24-,29-27-,31-30-,39-37-,45-43-,51-49-. The molecule has 0 aromatic heterocycles. The second-order valence-corrected chi connectivity index (χ2v) is 20.6. The van der Waals surface area contributed by atoms with Crippen LogP contribution in [0.15, 0.2) is 122 Å². The highest BCUT2D eigenvalue weighted by molar-refractivity contribution is 5.71. The summed E-state index contributed by atoms with van der Waals surface area (Å²) in [5.74, 6) is -2.10. The van der Waals surface area contributed by atoms with Gasteiger partial charge in [0.2, 0.25) is 0 Å². The van der Waals surface area contributed by atoms with Gasteiger partial charge in [-0.05, 0) is 103 Å². The Labute approximate surface area is 459 Å². The minimum Gasteiger partial charge on any atom is -0.477 e. The fraction of sp³-hybridized carbons (Fsp3) is 0.652. The van der Waals surface area contributed by atoms with E-state index in [0.29, 0.717) is 23.9 Å². The highest BCUT2D eigenvalue weighted by Crippen LogP contribution is 2.15. The Balaban J connectivity index is 4.35. The summed E-state index contributed by atoms with van der Waals surface area (Å²) in [5, 5.41) is 9.70. The van der Waals surface area contributed by atoms with Crippen LogP contribution in [0.3, 0.4) is 0 Å². The van der Waals surface area contributed by atoms with Crippen molar-refractivity contribution in [3.8, 4) is 0 Å². The number of carboxylic acids is 1. The molecule has 0 aromatic rings. The number of rotatable bonds is 53. The lowest BCUT2D eigenvalue weighted by Gasteiger charge is -2.25. The molecule has 0 amide bonds. The van der Waals surface area contributed by atoms with E-state index in [1.54, 1.807) is 0 Å². The Morgan fingerprint density at radius 2 is 0.773 bits per heavy atom. The number of aliphatic carboxylic acids is 1. The van der Waals surface area contributed by atoms with Crippen molar-refractivity contribution in [1.82, 2.24) is 0 Å². The summed E-state index contributed by atoms with van der Waals surface area (Å²) in [6.07, 6.45) is 75.7. The molecule has 0 spiro atoms. The van der Waals surface area contributed by atoms with E-state index in [9.17, 15) is 19.5 Å². The fourth-order valence-corrected chi connectivity index (χ4v) is 7.66. The van der Waals surface area contributed by atoms with Gasteiger partial charge in [0.05, 0.1) is 34.4 Å². The summed E-state index contributed by atoms with van der Waals surface area (Å²) in [5.41, 5.74) is 0. The molecule has 0 bridgehead atoms. The van der Waals surface area contributed by atoms with Crippen molar-refractivity contribution in [1.29, 1.82) is 0 Å². The third-order valence-corrected chi connectivity index (χ3v) is 12.2. The van der Waals surface area contributed by atoms with Gasteiger partial charge in [-0.2, -0.15) is 0 Å². The molecule has 1 N–H and O–H groups in total. The molecular weight excluding hydrogens is 935 g/mol. The third kappa shape index (κ3) is 57.2. The van der Waals surface area contributed by atoms with Gasteiger partial charge in [0, 0.05) is 12.8 Å². The quantitative estimate of drug-likeness (QED) is 0.0211. The van der Waals surface area contributed by atoms with E-state index >= 15 is 0 Å². The van der Waals surface area contributed by atoms with Gasteiger partial charge in [0.15, 0.2) is 6.10 Å². The van der Waals surface area contributed by atoms with Gasteiger partial charge < -0.3 is 28.5 Å². The molecule has 9 nitrogen and oxygen atoms in total. The number of ether oxygens (including phenoxy) is 4. The summed E-state index contributed by atoms with van der Waals surface area (Å²) in [6.45, 7) is 4.67. The van der Waals surface area contributed by atoms with Crippen LogP contribution in [0.5, 0.6) is 0 Å². The number of carboxylic acid groups (broad SMARTS) is 1. The fourth-order valence-electron chi connectivity index (χ4n) is 7.66. The molecule has 0 aromatic carbocycles. The molecule has 0 rings (SSSR count). The van der Waals surface area contributed by atoms with E-state index in [4.69, 9.17) is 18.9 Å². The average molecular weight is 1050 g/mol. The first-order valence-corrected chi connectivity index (χ1v) is 29.7. The van der Waals surface area contributed by atoms with Gasteiger partial charge in [0.1, 0.15) is 13.2 Å². The number of hydrogen-bond donors (Lipinski definition) is 1. The number of unbranched alkanes of at least 4 members (excludes halogenated alkanes) is 18. The highest BCUT2D eigenvalue weighted by Gasteiger charge is 2.25. The monoisotopic (exact) mass is 1040 g/mol. The van der Waals surface area contributed by atoms with Crippen LogP contribution < -0.4 is 0 Å². The zero-order valence-corrected chi connectivity index (χ0v) is 48.4. The number of carbonyl (C=O) groups is 3. The Hall–Kier alpha value is -4.31. The van der Waals surface area contributed by atoms with Crippen LogP contribution in [-0.2, 0) is 33.3 Å². The maximum atomic E-state index is 12.9. The topological polar surface area (TPSA) is 108 Å². The van der Waals surface area contributed by atoms with Crippen molar-refractivity contribution in [3.63, 3.8) is 0 Å². The van der Waals surface area contributed by atoms with Gasteiger partial charge in [-0.3, -0.25) is 9.59 Å². The van der Waals surface area contributed by atoms with Gasteiger partial charge in [-0.1, -0.05) is 225 Å². The molecule has 0 heterocycles. The number of quaternary nitrogens is 1. The van der Waals surface area contributed by atoms with Gasteiger partial charge in [0.25, 0.3) is 6.29 Å². The summed E-state index contributed by atoms with van der Waals surface area (Å²) in [7, 11) is 5.94. The molecule has 9 heteroatoms. The Kier molecular flexibility index (Phi) is 52.7. The molecule has 0 aliphatic carbocycles. The lowest BCUT2D eigenvalue weighted by atomic mass is 10.0. The van der Waals surface area contributed by atoms with Crippen LogP contribution in [-0.4, -0.2) is 87.4 Å². The first kappa shape index (κ1) is 70.7. The molecule has 0 saturated heterocycles. The number of esters is 2. The van der Waals surface area contributed by atoms with E-state index in [1.807, 2.05) is 21.1 Å². The molecule has 0 fully saturated rings. The van der Waals surface area contributed by atoms with Crippen molar-refractivity contribution in [3.05, 3.63) is 122 Å². The van der Waals surface area contributed by atoms with E-state index in [0.717, 1.165) is 77.0 Å². The summed E-state index contributed by atoms with van der Waals surface area (Å²) >= 11 is 0. The minimum atomic E-state index is -1.53. The molecule has 0 radical (unpaired) electrons. The molecule has 2 atom stereocenters. The second-order valence-electron chi connectivity index (χ2n) is 20.6. The summed E-state index contributed by atoms with van der Waals surface area (Å²) in [4.78, 5) is 37.4. The normalized spacial score (nSPS) is 13.7. The predicted octanol–water partition coefficient (Wildman–Crippen LogP) is 17.7. The Morgan fingerprint density at radius 3 is 1.17 bits per heavy atom. The van der Waals surface area contributed by atoms with E-state index < -0.39 is 24.3 Å². The molecule has 0 saturated carbocycles. The number of carbonyl (C=O) groups excluding carboxylic acids is 2. The zero-order valence-electron chi connectivity index (χ0n) is 48.4. The summed E-state index contributed by atoms with van der Waals surface area (Å²) < 4.78 is 22.8. The Bertz CT molecular complexity index is 1640. The third-order valence-electron chi connectivity index (χ3n) is 12.2. The van der Waals surface area contributed by atoms with Crippen LogP contribution >= 0.6 is 0 Å². The van der Waals surface area contributed by atoms with E-state index in [1.165, 1.54) is 103 Å². The lowest BCUT2D eigenvalue weighted by molar-refractivity contribution is -0.870. The van der Waals surface area contributed by atoms with Crippen molar-refractivity contribution in [2.45, 2.75) is 232 Å². The number of likely N-dealkylation sites (N-methyl/N-ethyl adjacent to an activating group) is 1. The van der Waals surface area contributed by atoms with Gasteiger partial charge in [-0.15, -0.1) is 0 Å². The van der Waals surface area contributed by atoms with Crippen LogP contribution in [0.25, 0.3) is 0 Å². The Morgan fingerprint density at radius 1 is 0.413 bits per heavy atom. The lowest BCUT2D eigenvalue weighted by Crippen LogP contribution is -2.40. The summed E-state index contributed by atoms with van der Waals surface area (Å²) in [6, 6.07) is 0. The van der Waals surface area contributed by atoms with Crippen LogP contribution in [0.4, 0.5) is 0 Å². The van der Waals surface area contributed by atoms with Crippen LogP contribution in [0.2, 0.25) is 0 Å². The van der Waals surface area contributed by atoms with Gasteiger partial charge in [-0.25, -0.2) is 4.79 Å². The van der Waals surface area contributed by atoms with Gasteiger partial charge >= 0.3 is 17.9 Å². The first-order chi connectivity index (χ1) is 36.6. The maximum absolute atomic E-state index is 12.9. The van der Waals surface area contributed by atoms with Crippen molar-refractivity contribution >= 4 is 17.9 Å². The predicted molar refractivity (Wildman–Crippen MR) is 318 cm³/mol. The van der Waals surface area contributed by atoms with Crippen molar-refractivity contribution in [2.24, 2.45) is 0 Å². The number of allylic oxidation sites excluding steroid dienone is 20. The van der Waals surface area contributed by atoms with Crippen LogP contribution in [0.1, 0.15) is 219 Å². The van der Waals surface area contributed by atoms with Crippen LogP contribution in [0, 0.1) is 0 Å².